The van der Waals surface area contributed by atoms with Crippen LogP contribution in [-0.4, -0.2) is 42.0 Å². The molecule has 0 spiro atoms. The zero-order valence-electron chi connectivity index (χ0n) is 18.7. The van der Waals surface area contributed by atoms with Gasteiger partial charge in [0, 0.05) is 38.7 Å². The van der Waals surface area contributed by atoms with E-state index in [0.29, 0.717) is 17.9 Å². The van der Waals surface area contributed by atoms with Crippen LogP contribution >= 0.6 is 27.5 Å². The van der Waals surface area contributed by atoms with Crippen LogP contribution in [-0.2, 0) is 14.8 Å². The third-order valence-corrected chi connectivity index (χ3v) is 8.56. The molecule has 34 heavy (non-hydrogen) atoms. The van der Waals surface area contributed by atoms with Gasteiger partial charge in [-0.15, -0.1) is 0 Å². The van der Waals surface area contributed by atoms with Gasteiger partial charge in [0.25, 0.3) is 5.91 Å². The zero-order chi connectivity index (χ0) is 24.5. The number of rotatable bonds is 6. The largest absolute Gasteiger partial charge is 0.318 e. The highest BCUT2D eigenvalue weighted by atomic mass is 79.9. The fourth-order valence-electron chi connectivity index (χ4n) is 4.18. The van der Waals surface area contributed by atoms with Crippen molar-refractivity contribution in [3.05, 3.63) is 81.0 Å². The number of hydrogen-bond acceptors (Lipinski definition) is 4. The van der Waals surface area contributed by atoms with Gasteiger partial charge in [-0.25, -0.2) is 13.8 Å². The van der Waals surface area contributed by atoms with Crippen molar-refractivity contribution in [2.45, 2.75) is 37.6 Å². The maximum atomic E-state index is 13.1. The Morgan fingerprint density at radius 1 is 1.15 bits per heavy atom. The summed E-state index contributed by atoms with van der Waals surface area (Å²) in [5.74, 6) is -0.451. The van der Waals surface area contributed by atoms with Crippen molar-refractivity contribution < 1.29 is 13.2 Å². The van der Waals surface area contributed by atoms with Crippen molar-refractivity contribution in [3.8, 4) is 5.69 Å². The summed E-state index contributed by atoms with van der Waals surface area (Å²) < 4.78 is 30.5. The number of nitrogens with one attached hydrogen (secondary N) is 1. The molecule has 1 fully saturated rings. The molecule has 1 amide bonds. The Labute approximate surface area is 212 Å². The summed E-state index contributed by atoms with van der Waals surface area (Å²) in [4.78, 5) is 12.9. The van der Waals surface area contributed by atoms with E-state index >= 15 is 0 Å². The minimum absolute atomic E-state index is 0.112. The normalized spacial score (nSPS) is 16.9. The van der Waals surface area contributed by atoms with Crippen molar-refractivity contribution in [3.63, 3.8) is 0 Å². The van der Waals surface area contributed by atoms with Gasteiger partial charge in [-0.3, -0.25) is 4.79 Å². The highest BCUT2D eigenvalue weighted by Gasteiger charge is 2.39. The van der Waals surface area contributed by atoms with Crippen LogP contribution in [0.3, 0.4) is 0 Å². The number of halogens is 2. The van der Waals surface area contributed by atoms with E-state index in [9.17, 15) is 13.2 Å². The molecule has 3 aromatic rings. The van der Waals surface area contributed by atoms with Crippen molar-refractivity contribution in [2.75, 3.05) is 6.54 Å². The molecule has 0 aliphatic carbocycles. The second-order valence-electron chi connectivity index (χ2n) is 8.10. The Bertz CT molecular complexity index is 1340. The van der Waals surface area contributed by atoms with Gasteiger partial charge in [-0.05, 0) is 81.3 Å². The van der Waals surface area contributed by atoms with Crippen LogP contribution in [0.15, 0.2) is 69.1 Å². The molecule has 0 bridgehead atoms. The summed E-state index contributed by atoms with van der Waals surface area (Å²) in [6.07, 6.45) is 2.62. The Morgan fingerprint density at radius 3 is 2.50 bits per heavy atom. The monoisotopic (exact) mass is 562 g/mol. The molecular weight excluding hydrogens is 540 g/mol. The number of sulfonamides is 1. The lowest BCUT2D eigenvalue weighted by Gasteiger charge is -2.22. The van der Waals surface area contributed by atoms with Crippen LogP contribution in [0.4, 0.5) is 0 Å². The molecule has 1 aliphatic rings. The molecule has 1 atom stereocenters. The topological polar surface area (TPSA) is 83.8 Å². The van der Waals surface area contributed by atoms with Crippen LogP contribution in [0.25, 0.3) is 5.69 Å². The molecule has 2 heterocycles. The van der Waals surface area contributed by atoms with Crippen LogP contribution in [0.5, 0.6) is 0 Å². The third-order valence-electron chi connectivity index (χ3n) is 5.86. The van der Waals surface area contributed by atoms with E-state index in [4.69, 9.17) is 11.6 Å². The van der Waals surface area contributed by atoms with E-state index in [1.54, 1.807) is 6.21 Å². The molecule has 0 unspecified atom stereocenters. The lowest BCUT2D eigenvalue weighted by atomic mass is 10.2. The second kappa shape index (κ2) is 10.0. The van der Waals surface area contributed by atoms with Crippen LogP contribution in [0, 0.1) is 13.8 Å². The number of amides is 1. The van der Waals surface area contributed by atoms with Gasteiger partial charge in [0.05, 0.1) is 11.1 Å². The maximum absolute atomic E-state index is 13.1. The van der Waals surface area contributed by atoms with E-state index in [2.05, 4.69) is 31.0 Å². The average molecular weight is 564 g/mol. The van der Waals surface area contributed by atoms with Gasteiger partial charge in [-0.2, -0.15) is 9.41 Å². The SMILES string of the molecule is Cc1cc(/C=N\NC(=O)[C@@H]2CCCN2S(=O)(=O)c2ccc(Cl)cc2)c(C)n1-c1ccc(Br)cc1. The molecule has 1 N–H and O–H groups in total. The van der Waals surface area contributed by atoms with E-state index in [-0.39, 0.29) is 11.4 Å². The number of carbonyl (C=O) groups is 1. The average Bonchev–Trinajstić information content (AvgIpc) is 3.40. The minimum Gasteiger partial charge on any atom is -0.318 e. The lowest BCUT2D eigenvalue weighted by molar-refractivity contribution is -0.124. The Kier molecular flexibility index (Phi) is 7.28. The maximum Gasteiger partial charge on any atom is 0.258 e. The third kappa shape index (κ3) is 4.98. The first kappa shape index (κ1) is 24.7. The van der Waals surface area contributed by atoms with Gasteiger partial charge in [0.2, 0.25) is 10.0 Å². The first-order valence-corrected chi connectivity index (χ1v) is 13.3. The van der Waals surface area contributed by atoms with Crippen molar-refractivity contribution >= 4 is 49.7 Å². The van der Waals surface area contributed by atoms with Gasteiger partial charge in [0.15, 0.2) is 0 Å². The van der Waals surface area contributed by atoms with Crippen LogP contribution in [0.1, 0.15) is 29.8 Å². The van der Waals surface area contributed by atoms with E-state index in [1.165, 1.54) is 28.6 Å². The first-order chi connectivity index (χ1) is 16.2. The summed E-state index contributed by atoms with van der Waals surface area (Å²) in [5, 5.41) is 4.57. The fourth-order valence-corrected chi connectivity index (χ4v) is 6.22. The molecule has 0 saturated carbocycles. The summed E-state index contributed by atoms with van der Waals surface area (Å²) >= 11 is 9.33. The molecule has 2 aromatic carbocycles. The molecule has 1 aliphatic heterocycles. The number of carbonyl (C=O) groups excluding carboxylic acids is 1. The minimum atomic E-state index is -3.81. The molecule has 178 valence electrons. The summed E-state index contributed by atoms with van der Waals surface area (Å²) in [5.41, 5.74) is 6.42. The quantitative estimate of drug-likeness (QED) is 0.345. The first-order valence-electron chi connectivity index (χ1n) is 10.7. The number of aromatic nitrogens is 1. The molecule has 4 rings (SSSR count). The van der Waals surface area contributed by atoms with E-state index in [1.807, 2.05) is 44.2 Å². The van der Waals surface area contributed by atoms with Gasteiger partial charge in [0.1, 0.15) is 6.04 Å². The number of hydrogen-bond donors (Lipinski definition) is 1. The van der Waals surface area contributed by atoms with Gasteiger partial charge in [-0.1, -0.05) is 27.5 Å². The lowest BCUT2D eigenvalue weighted by Crippen LogP contribution is -2.44. The van der Waals surface area contributed by atoms with Crippen molar-refractivity contribution in [1.82, 2.24) is 14.3 Å². The smallest absolute Gasteiger partial charge is 0.258 e. The second-order valence-corrected chi connectivity index (χ2v) is 11.3. The highest BCUT2D eigenvalue weighted by Crippen LogP contribution is 2.27. The molecule has 0 radical (unpaired) electrons. The summed E-state index contributed by atoms with van der Waals surface area (Å²) in [6, 6.07) is 15.1. The number of nitrogens with zero attached hydrogens (tertiary/aromatic N) is 3. The Hall–Kier alpha value is -2.46. The van der Waals surface area contributed by atoms with E-state index in [0.717, 1.165) is 27.1 Å². The highest BCUT2D eigenvalue weighted by molar-refractivity contribution is 9.10. The molecule has 1 saturated heterocycles. The zero-order valence-corrected chi connectivity index (χ0v) is 21.9. The predicted octanol–water partition coefficient (Wildman–Crippen LogP) is 4.81. The standard InChI is InChI=1S/C24H24BrClN4O3S/c1-16-14-18(17(2)30(16)21-9-5-19(25)6-10-21)15-27-28-24(31)23-4-3-13-29(23)34(32,33)22-11-7-20(26)8-12-22/h5-12,14-15,23H,3-4,13H2,1-2H3,(H,28,31)/b27-15-/t23-/m0/s1. The number of hydrazone groups is 1. The van der Waals surface area contributed by atoms with Crippen molar-refractivity contribution in [2.24, 2.45) is 5.10 Å². The van der Waals surface area contributed by atoms with Crippen LogP contribution in [0.2, 0.25) is 5.02 Å². The van der Waals surface area contributed by atoms with Gasteiger partial charge >= 0.3 is 0 Å². The Balaban J connectivity index is 1.48. The molecule has 10 heteroatoms. The van der Waals surface area contributed by atoms with Crippen LogP contribution < -0.4 is 5.43 Å². The summed E-state index contributed by atoms with van der Waals surface area (Å²) in [7, 11) is -3.81. The fraction of sp³-hybridized carbons (Fsp3) is 0.250. The number of aryl methyl sites for hydroxylation is 1. The number of benzene rings is 2. The van der Waals surface area contributed by atoms with Gasteiger partial charge < -0.3 is 4.57 Å². The molecule has 7 nitrogen and oxygen atoms in total. The predicted molar refractivity (Wildman–Crippen MR) is 137 cm³/mol. The molecular formula is C24H24BrClN4O3S. The van der Waals surface area contributed by atoms with Crippen molar-refractivity contribution in [1.29, 1.82) is 0 Å². The summed E-state index contributed by atoms with van der Waals surface area (Å²) in [6.45, 7) is 4.26. The Morgan fingerprint density at radius 2 is 1.82 bits per heavy atom. The van der Waals surface area contributed by atoms with E-state index < -0.39 is 22.0 Å². The molecule has 1 aromatic heterocycles.